The Balaban J connectivity index is 1.66. The third-order valence-corrected chi connectivity index (χ3v) is 5.09. The van der Waals surface area contributed by atoms with Gasteiger partial charge < -0.3 is 15.5 Å². The highest BCUT2D eigenvalue weighted by atomic mass is 19.1. The van der Waals surface area contributed by atoms with Crippen molar-refractivity contribution >= 4 is 17.6 Å². The van der Waals surface area contributed by atoms with Crippen LogP contribution in [-0.4, -0.2) is 52.2 Å². The van der Waals surface area contributed by atoms with Gasteiger partial charge in [0.1, 0.15) is 17.2 Å². The van der Waals surface area contributed by atoms with Crippen molar-refractivity contribution in [3.8, 4) is 0 Å². The third-order valence-electron chi connectivity index (χ3n) is 5.09. The number of aryl methyl sites for hydroxylation is 1. The molecular weight excluding hydrogens is 349 g/mol. The highest BCUT2D eigenvalue weighted by Gasteiger charge is 2.42. The van der Waals surface area contributed by atoms with Crippen LogP contribution in [0.15, 0.2) is 36.5 Å². The topological polar surface area (TPSA) is 79.3 Å². The number of piperidine rings is 1. The lowest BCUT2D eigenvalue weighted by atomic mass is 9.86. The van der Waals surface area contributed by atoms with E-state index in [0.29, 0.717) is 25.9 Å². The minimum Gasteiger partial charge on any atom is -0.357 e. The van der Waals surface area contributed by atoms with Crippen LogP contribution < -0.4 is 10.6 Å². The largest absolute Gasteiger partial charge is 0.357 e. The molecule has 7 nitrogen and oxygen atoms in total. The molecule has 27 heavy (non-hydrogen) atoms. The second kappa shape index (κ2) is 7.77. The summed E-state index contributed by atoms with van der Waals surface area (Å²) in [5.41, 5.74) is -0.00703. The van der Waals surface area contributed by atoms with Crippen LogP contribution in [0.5, 0.6) is 0 Å². The van der Waals surface area contributed by atoms with Crippen LogP contribution in [0.2, 0.25) is 0 Å². The fourth-order valence-electron chi connectivity index (χ4n) is 3.42. The number of amides is 2. The van der Waals surface area contributed by atoms with Gasteiger partial charge >= 0.3 is 0 Å². The lowest BCUT2D eigenvalue weighted by molar-refractivity contribution is -0.135. The molecule has 1 aliphatic rings. The lowest BCUT2D eigenvalue weighted by Crippen LogP contribution is -2.58. The van der Waals surface area contributed by atoms with Crippen molar-refractivity contribution in [2.45, 2.75) is 24.8 Å². The number of likely N-dealkylation sites (N-methyl/N-ethyl adjacent to an activating group) is 1. The molecule has 144 valence electrons. The summed E-state index contributed by atoms with van der Waals surface area (Å²) in [5.74, 6) is 0.312. The zero-order valence-corrected chi connectivity index (χ0v) is 15.5. The van der Waals surface area contributed by atoms with E-state index in [1.54, 1.807) is 42.0 Å². The number of nitrogens with zero attached hydrogens (tertiary/aromatic N) is 3. The molecule has 2 N–H and O–H groups in total. The van der Waals surface area contributed by atoms with Crippen molar-refractivity contribution in [1.29, 1.82) is 0 Å². The Hall–Kier alpha value is -2.90. The van der Waals surface area contributed by atoms with Gasteiger partial charge in [0.25, 0.3) is 0 Å². The fourth-order valence-corrected chi connectivity index (χ4v) is 3.42. The van der Waals surface area contributed by atoms with Crippen LogP contribution in [-0.2, 0) is 23.1 Å². The molecule has 3 rings (SSSR count). The van der Waals surface area contributed by atoms with Gasteiger partial charge in [-0.15, -0.1) is 0 Å². The lowest BCUT2D eigenvalue weighted by Gasteiger charge is -2.41. The number of likely N-dealkylation sites (tertiary alicyclic amines) is 1. The van der Waals surface area contributed by atoms with E-state index in [1.165, 1.54) is 12.1 Å². The zero-order valence-electron chi connectivity index (χ0n) is 15.5. The Morgan fingerprint density at radius 3 is 2.41 bits per heavy atom. The number of halogens is 1. The van der Waals surface area contributed by atoms with E-state index in [1.807, 2.05) is 6.07 Å². The molecule has 2 aromatic rings. The summed E-state index contributed by atoms with van der Waals surface area (Å²) >= 11 is 0. The average Bonchev–Trinajstić information content (AvgIpc) is 3.07. The maximum Gasteiger partial charge on any atom is 0.245 e. The summed E-state index contributed by atoms with van der Waals surface area (Å²) in [7, 11) is 3.42. The highest BCUT2D eigenvalue weighted by Crippen LogP contribution is 2.27. The van der Waals surface area contributed by atoms with Crippen molar-refractivity contribution in [1.82, 2.24) is 20.0 Å². The SMILES string of the molecule is CNC(=O)C1(Nc2ccnn2C)CCN(C(=O)Cc2ccc(F)cc2)CC1. The van der Waals surface area contributed by atoms with E-state index in [4.69, 9.17) is 0 Å². The molecule has 1 aliphatic heterocycles. The van der Waals surface area contributed by atoms with Gasteiger partial charge in [-0.05, 0) is 30.5 Å². The number of benzene rings is 1. The minimum absolute atomic E-state index is 0.0207. The van der Waals surface area contributed by atoms with E-state index < -0.39 is 5.54 Å². The monoisotopic (exact) mass is 373 g/mol. The van der Waals surface area contributed by atoms with Gasteiger partial charge in [-0.2, -0.15) is 5.10 Å². The summed E-state index contributed by atoms with van der Waals surface area (Å²) in [4.78, 5) is 26.9. The molecule has 8 heteroatoms. The molecule has 1 fully saturated rings. The zero-order chi connectivity index (χ0) is 19.4. The first kappa shape index (κ1) is 18.9. The van der Waals surface area contributed by atoms with Crippen LogP contribution in [0.4, 0.5) is 10.2 Å². The predicted octanol–water partition coefficient (Wildman–Crippen LogP) is 1.32. The number of hydrogen-bond donors (Lipinski definition) is 2. The molecule has 0 saturated carbocycles. The molecule has 1 saturated heterocycles. The van der Waals surface area contributed by atoms with E-state index in [9.17, 15) is 14.0 Å². The maximum absolute atomic E-state index is 13.0. The van der Waals surface area contributed by atoms with Crippen LogP contribution in [0.3, 0.4) is 0 Å². The number of hydrogen-bond acceptors (Lipinski definition) is 4. The van der Waals surface area contributed by atoms with Crippen LogP contribution in [0.1, 0.15) is 18.4 Å². The van der Waals surface area contributed by atoms with Gasteiger partial charge in [0.2, 0.25) is 11.8 Å². The first-order chi connectivity index (χ1) is 12.9. The minimum atomic E-state index is -0.783. The van der Waals surface area contributed by atoms with E-state index in [2.05, 4.69) is 15.7 Å². The molecule has 0 spiro atoms. The molecule has 0 radical (unpaired) electrons. The Kier molecular flexibility index (Phi) is 5.43. The Labute approximate surface area is 157 Å². The third kappa shape index (κ3) is 4.10. The first-order valence-electron chi connectivity index (χ1n) is 8.94. The molecule has 0 atom stereocenters. The number of rotatable bonds is 5. The average molecular weight is 373 g/mol. The number of anilines is 1. The molecule has 0 unspecified atom stereocenters. The standard InChI is InChI=1S/C19H24FN5O2/c1-21-18(27)19(23-16-7-10-22-24(16)2)8-11-25(12-9-19)17(26)13-14-3-5-15(20)6-4-14/h3-7,10,23H,8-9,11-13H2,1-2H3,(H,21,27). The van der Waals surface area contributed by atoms with Crippen molar-refractivity contribution in [3.63, 3.8) is 0 Å². The van der Waals surface area contributed by atoms with Gasteiger partial charge in [0.05, 0.1) is 12.6 Å². The number of nitrogens with one attached hydrogen (secondary N) is 2. The summed E-state index contributed by atoms with van der Waals surface area (Å²) < 4.78 is 14.7. The Morgan fingerprint density at radius 1 is 1.19 bits per heavy atom. The van der Waals surface area contributed by atoms with Crippen molar-refractivity contribution < 1.29 is 14.0 Å². The van der Waals surface area contributed by atoms with Gasteiger partial charge in [-0.1, -0.05) is 12.1 Å². The van der Waals surface area contributed by atoms with Crippen LogP contribution in [0, 0.1) is 5.82 Å². The van der Waals surface area contributed by atoms with Crippen LogP contribution in [0.25, 0.3) is 0 Å². The molecule has 1 aromatic carbocycles. The van der Waals surface area contributed by atoms with Gasteiger partial charge in [-0.25, -0.2) is 4.39 Å². The molecule has 2 heterocycles. The smallest absolute Gasteiger partial charge is 0.245 e. The second-order valence-electron chi connectivity index (χ2n) is 6.81. The summed E-state index contributed by atoms with van der Waals surface area (Å²) in [6.07, 6.45) is 2.88. The van der Waals surface area contributed by atoms with E-state index in [-0.39, 0.29) is 24.1 Å². The van der Waals surface area contributed by atoms with Crippen molar-refractivity contribution in [3.05, 3.63) is 47.9 Å². The summed E-state index contributed by atoms with van der Waals surface area (Å²) in [6, 6.07) is 7.77. The van der Waals surface area contributed by atoms with Crippen LogP contribution >= 0.6 is 0 Å². The quantitative estimate of drug-likeness (QED) is 0.829. The summed E-state index contributed by atoms with van der Waals surface area (Å²) in [5, 5.41) is 10.2. The van der Waals surface area contributed by atoms with Gasteiger partial charge in [0.15, 0.2) is 0 Å². The van der Waals surface area contributed by atoms with E-state index in [0.717, 1.165) is 11.4 Å². The Morgan fingerprint density at radius 2 is 1.85 bits per heavy atom. The molecule has 0 aliphatic carbocycles. The maximum atomic E-state index is 13.0. The number of carbonyl (C=O) groups is 2. The normalized spacial score (nSPS) is 16.0. The fraction of sp³-hybridized carbons (Fsp3) is 0.421. The predicted molar refractivity (Wildman–Crippen MR) is 99.5 cm³/mol. The molecule has 1 aromatic heterocycles. The highest BCUT2D eigenvalue weighted by molar-refractivity contribution is 5.89. The van der Waals surface area contributed by atoms with Crippen molar-refractivity contribution in [2.24, 2.45) is 7.05 Å². The number of aromatic nitrogens is 2. The van der Waals surface area contributed by atoms with Crippen molar-refractivity contribution in [2.75, 3.05) is 25.5 Å². The second-order valence-corrected chi connectivity index (χ2v) is 6.81. The summed E-state index contributed by atoms with van der Waals surface area (Å²) in [6.45, 7) is 0.941. The van der Waals surface area contributed by atoms with Gasteiger partial charge in [0, 0.05) is 33.3 Å². The first-order valence-corrected chi connectivity index (χ1v) is 8.94. The number of carbonyl (C=O) groups excluding carboxylic acids is 2. The Bertz CT molecular complexity index is 810. The van der Waals surface area contributed by atoms with Gasteiger partial charge in [-0.3, -0.25) is 14.3 Å². The molecular formula is C19H24FN5O2. The molecule has 0 bridgehead atoms. The van der Waals surface area contributed by atoms with E-state index >= 15 is 0 Å². The molecule has 2 amide bonds.